The van der Waals surface area contributed by atoms with Crippen molar-refractivity contribution in [1.82, 2.24) is 15.5 Å². The molecule has 3 atom stereocenters. The van der Waals surface area contributed by atoms with Crippen molar-refractivity contribution in [2.45, 2.75) is 92.5 Å². The van der Waals surface area contributed by atoms with Gasteiger partial charge in [0.1, 0.15) is 17.7 Å². The quantitative estimate of drug-likeness (QED) is 0.387. The van der Waals surface area contributed by atoms with E-state index in [-0.39, 0.29) is 17.7 Å². The van der Waals surface area contributed by atoms with E-state index in [1.807, 2.05) is 83.1 Å². The Morgan fingerprint density at radius 2 is 1.66 bits per heavy atom. The molecule has 7 heteroatoms. The van der Waals surface area contributed by atoms with E-state index in [0.717, 1.165) is 22.3 Å². The lowest BCUT2D eigenvalue weighted by atomic mass is 9.93. The van der Waals surface area contributed by atoms with Gasteiger partial charge in [0.25, 0.3) is 0 Å². The number of nitrogens with zero attached hydrogens (tertiary/aromatic N) is 1. The summed E-state index contributed by atoms with van der Waals surface area (Å²) in [6.45, 7) is 15.9. The van der Waals surface area contributed by atoms with Gasteiger partial charge in [0.2, 0.25) is 11.8 Å². The van der Waals surface area contributed by atoms with Crippen molar-refractivity contribution in [2.24, 2.45) is 5.92 Å². The predicted octanol–water partition coefficient (Wildman–Crippen LogP) is 5.84. The van der Waals surface area contributed by atoms with E-state index < -0.39 is 23.8 Å². The van der Waals surface area contributed by atoms with Gasteiger partial charge in [0, 0.05) is 13.1 Å². The number of hydrogen-bond donors (Lipinski definition) is 2. The van der Waals surface area contributed by atoms with Crippen molar-refractivity contribution < 1.29 is 19.1 Å². The SMILES string of the molecule is CCCN(C(=O)C(NC(=O)OC(C)(C)C)C(C)CC)C(C(=O)NCc1ccccc1)c1ccc(C)cc1C. The molecule has 0 saturated carbocycles. The number of rotatable bonds is 11. The number of ether oxygens (including phenoxy) is 1. The standard InChI is InChI=1S/C31H45N3O4/c1-9-18-34(29(36)26(22(4)10-2)33-30(37)38-31(6,7)8)27(25-17-16-21(3)19-23(25)5)28(35)32-20-24-14-12-11-13-15-24/h11-17,19,22,26-27H,9-10,18,20H2,1-8H3,(H,32,35)(H,33,37). The fourth-order valence-corrected chi connectivity index (χ4v) is 4.37. The largest absolute Gasteiger partial charge is 0.444 e. The third-order valence-corrected chi connectivity index (χ3v) is 6.49. The molecular weight excluding hydrogens is 478 g/mol. The highest BCUT2D eigenvalue weighted by Gasteiger charge is 2.38. The highest BCUT2D eigenvalue weighted by molar-refractivity contribution is 5.92. The average Bonchev–Trinajstić information content (AvgIpc) is 2.85. The van der Waals surface area contributed by atoms with Crippen LogP contribution < -0.4 is 10.6 Å². The van der Waals surface area contributed by atoms with Gasteiger partial charge >= 0.3 is 6.09 Å². The van der Waals surface area contributed by atoms with Crippen molar-refractivity contribution >= 4 is 17.9 Å². The fourth-order valence-electron chi connectivity index (χ4n) is 4.37. The van der Waals surface area contributed by atoms with Crippen LogP contribution in [-0.4, -0.2) is 41.0 Å². The van der Waals surface area contributed by atoms with Crippen molar-refractivity contribution in [2.75, 3.05) is 6.54 Å². The molecule has 3 amide bonds. The molecule has 0 aliphatic carbocycles. The minimum absolute atomic E-state index is 0.165. The highest BCUT2D eigenvalue weighted by atomic mass is 16.6. The van der Waals surface area contributed by atoms with E-state index in [9.17, 15) is 14.4 Å². The van der Waals surface area contributed by atoms with Crippen LogP contribution in [-0.2, 0) is 20.9 Å². The molecular formula is C31H45N3O4. The minimum Gasteiger partial charge on any atom is -0.444 e. The van der Waals surface area contributed by atoms with Crippen molar-refractivity contribution in [1.29, 1.82) is 0 Å². The molecule has 0 saturated heterocycles. The highest BCUT2D eigenvalue weighted by Crippen LogP contribution is 2.28. The molecule has 7 nitrogen and oxygen atoms in total. The van der Waals surface area contributed by atoms with Crippen LogP contribution in [0.3, 0.4) is 0 Å². The Bertz CT molecular complexity index is 1080. The van der Waals surface area contributed by atoms with Gasteiger partial charge in [-0.2, -0.15) is 0 Å². The van der Waals surface area contributed by atoms with Gasteiger partial charge in [-0.1, -0.05) is 81.3 Å². The van der Waals surface area contributed by atoms with Crippen LogP contribution in [0.5, 0.6) is 0 Å². The Kier molecular flexibility index (Phi) is 11.4. The molecule has 2 N–H and O–H groups in total. The molecule has 0 radical (unpaired) electrons. The van der Waals surface area contributed by atoms with E-state index in [0.29, 0.717) is 25.9 Å². The molecule has 0 fully saturated rings. The normalized spacial score (nSPS) is 13.7. The van der Waals surface area contributed by atoms with Crippen LogP contribution in [0.25, 0.3) is 0 Å². The number of carbonyl (C=O) groups is 3. The molecule has 0 spiro atoms. The summed E-state index contributed by atoms with van der Waals surface area (Å²) in [4.78, 5) is 42.3. The molecule has 0 bridgehead atoms. The molecule has 0 aromatic heterocycles. The van der Waals surface area contributed by atoms with Crippen LogP contribution in [0.15, 0.2) is 48.5 Å². The lowest BCUT2D eigenvalue weighted by Gasteiger charge is -2.36. The Balaban J connectivity index is 2.49. The van der Waals surface area contributed by atoms with Crippen LogP contribution in [0.2, 0.25) is 0 Å². The number of benzene rings is 2. The second-order valence-corrected chi connectivity index (χ2v) is 11.0. The van der Waals surface area contributed by atoms with Crippen LogP contribution in [0.1, 0.15) is 82.7 Å². The van der Waals surface area contributed by atoms with Gasteiger partial charge in [0.15, 0.2) is 0 Å². The summed E-state index contributed by atoms with van der Waals surface area (Å²) < 4.78 is 5.47. The number of nitrogens with one attached hydrogen (secondary N) is 2. The van der Waals surface area contributed by atoms with Gasteiger partial charge in [-0.15, -0.1) is 0 Å². The Morgan fingerprint density at radius 3 is 2.21 bits per heavy atom. The summed E-state index contributed by atoms with van der Waals surface area (Å²) in [6, 6.07) is 13.9. The summed E-state index contributed by atoms with van der Waals surface area (Å²) in [5.74, 6) is -0.726. The maximum atomic E-state index is 14.2. The summed E-state index contributed by atoms with van der Waals surface area (Å²) in [5, 5.41) is 5.85. The number of amides is 3. The van der Waals surface area contributed by atoms with Gasteiger partial charge < -0.3 is 20.3 Å². The van der Waals surface area contributed by atoms with Gasteiger partial charge in [-0.05, 0) is 63.6 Å². The third kappa shape index (κ3) is 8.89. The van der Waals surface area contributed by atoms with Gasteiger partial charge in [0.05, 0.1) is 0 Å². The molecule has 2 aromatic carbocycles. The van der Waals surface area contributed by atoms with Crippen molar-refractivity contribution in [3.05, 3.63) is 70.8 Å². The first-order valence-electron chi connectivity index (χ1n) is 13.6. The van der Waals surface area contributed by atoms with E-state index in [1.54, 1.807) is 25.7 Å². The Morgan fingerprint density at radius 1 is 1.00 bits per heavy atom. The Labute approximate surface area is 228 Å². The lowest BCUT2D eigenvalue weighted by molar-refractivity contribution is -0.143. The summed E-state index contributed by atoms with van der Waals surface area (Å²) in [5.41, 5.74) is 3.04. The van der Waals surface area contributed by atoms with E-state index in [4.69, 9.17) is 4.74 Å². The van der Waals surface area contributed by atoms with Crippen molar-refractivity contribution in [3.8, 4) is 0 Å². The third-order valence-electron chi connectivity index (χ3n) is 6.49. The summed E-state index contributed by atoms with van der Waals surface area (Å²) >= 11 is 0. The van der Waals surface area contributed by atoms with Crippen LogP contribution >= 0.6 is 0 Å². The molecule has 0 aliphatic heterocycles. The Hall–Kier alpha value is -3.35. The van der Waals surface area contributed by atoms with Crippen molar-refractivity contribution in [3.63, 3.8) is 0 Å². The summed E-state index contributed by atoms with van der Waals surface area (Å²) in [7, 11) is 0. The topological polar surface area (TPSA) is 87.7 Å². The number of hydrogen-bond acceptors (Lipinski definition) is 4. The maximum Gasteiger partial charge on any atom is 0.408 e. The molecule has 0 heterocycles. The van der Waals surface area contributed by atoms with E-state index in [2.05, 4.69) is 10.6 Å². The first-order valence-corrected chi connectivity index (χ1v) is 13.6. The zero-order valence-corrected chi connectivity index (χ0v) is 24.3. The number of aryl methyl sites for hydroxylation is 2. The monoisotopic (exact) mass is 523 g/mol. The molecule has 208 valence electrons. The second kappa shape index (κ2) is 14.0. The predicted molar refractivity (Wildman–Crippen MR) is 152 cm³/mol. The molecule has 2 rings (SSSR count). The maximum absolute atomic E-state index is 14.2. The zero-order valence-electron chi connectivity index (χ0n) is 24.3. The fraction of sp³-hybridized carbons (Fsp3) is 0.516. The van der Waals surface area contributed by atoms with Gasteiger partial charge in [-0.25, -0.2) is 4.79 Å². The van der Waals surface area contributed by atoms with Crippen LogP contribution in [0, 0.1) is 19.8 Å². The van der Waals surface area contributed by atoms with Gasteiger partial charge in [-0.3, -0.25) is 9.59 Å². The first-order chi connectivity index (χ1) is 17.9. The molecule has 2 aromatic rings. The molecule has 3 unspecified atom stereocenters. The van der Waals surface area contributed by atoms with E-state index >= 15 is 0 Å². The minimum atomic E-state index is -0.848. The summed E-state index contributed by atoms with van der Waals surface area (Å²) in [6.07, 6.45) is 0.670. The lowest BCUT2D eigenvalue weighted by Crippen LogP contribution is -2.55. The molecule has 38 heavy (non-hydrogen) atoms. The number of carbonyl (C=O) groups excluding carboxylic acids is 3. The van der Waals surface area contributed by atoms with Crippen LogP contribution in [0.4, 0.5) is 4.79 Å². The zero-order chi connectivity index (χ0) is 28.5. The second-order valence-electron chi connectivity index (χ2n) is 11.0. The average molecular weight is 524 g/mol. The smallest absolute Gasteiger partial charge is 0.408 e. The first kappa shape index (κ1) is 30.9. The molecule has 0 aliphatic rings. The number of alkyl carbamates (subject to hydrolysis) is 1. The van der Waals surface area contributed by atoms with E-state index in [1.165, 1.54) is 0 Å².